The van der Waals surface area contributed by atoms with Crippen LogP contribution in [-0.2, 0) is 0 Å². The molecule has 0 unspecified atom stereocenters. The molecule has 0 aliphatic rings. The van der Waals surface area contributed by atoms with Crippen LogP contribution in [0.25, 0.3) is 0 Å². The first-order valence-electron chi connectivity index (χ1n) is 8.53. The van der Waals surface area contributed by atoms with E-state index in [9.17, 15) is 4.79 Å². The number of hydrogen-bond donors (Lipinski definition) is 2. The number of carbonyl (C=O) groups is 1. The first-order valence-corrected chi connectivity index (χ1v) is 8.53. The molecule has 7 nitrogen and oxygen atoms in total. The van der Waals surface area contributed by atoms with Crippen molar-refractivity contribution in [3.8, 4) is 17.2 Å². The van der Waals surface area contributed by atoms with Gasteiger partial charge in [-0.3, -0.25) is 4.79 Å². The third-order valence-corrected chi connectivity index (χ3v) is 4.02. The van der Waals surface area contributed by atoms with E-state index in [-0.39, 0.29) is 5.91 Å². The molecule has 0 aliphatic carbocycles. The zero-order valence-corrected chi connectivity index (χ0v) is 15.9. The highest BCUT2D eigenvalue weighted by molar-refractivity contribution is 6.05. The van der Waals surface area contributed by atoms with Crippen molar-refractivity contribution in [2.24, 2.45) is 0 Å². The van der Waals surface area contributed by atoms with E-state index in [2.05, 4.69) is 15.6 Å². The summed E-state index contributed by atoms with van der Waals surface area (Å²) in [5.41, 5.74) is 1.77. The first kappa shape index (κ1) is 19.0. The lowest BCUT2D eigenvalue weighted by molar-refractivity contribution is 0.102. The van der Waals surface area contributed by atoms with Crippen molar-refractivity contribution >= 4 is 23.1 Å². The summed E-state index contributed by atoms with van der Waals surface area (Å²) >= 11 is 0. The number of carbonyl (C=O) groups excluding carboxylic acids is 1. The maximum Gasteiger partial charge on any atom is 0.255 e. The molecule has 0 fully saturated rings. The lowest BCUT2D eigenvalue weighted by Gasteiger charge is -2.12. The van der Waals surface area contributed by atoms with Gasteiger partial charge in [0.05, 0.1) is 27.0 Å². The molecule has 3 aromatic rings. The van der Waals surface area contributed by atoms with Crippen molar-refractivity contribution in [2.45, 2.75) is 0 Å². The van der Waals surface area contributed by atoms with Gasteiger partial charge in [-0.05, 0) is 36.4 Å². The molecule has 144 valence electrons. The van der Waals surface area contributed by atoms with Crippen LogP contribution in [0.3, 0.4) is 0 Å². The molecule has 3 rings (SSSR count). The van der Waals surface area contributed by atoms with Crippen LogP contribution in [0.15, 0.2) is 60.8 Å². The van der Waals surface area contributed by atoms with Crippen molar-refractivity contribution in [1.29, 1.82) is 0 Å². The smallest absolute Gasteiger partial charge is 0.255 e. The van der Waals surface area contributed by atoms with E-state index in [1.807, 2.05) is 24.3 Å². The topological polar surface area (TPSA) is 81.7 Å². The molecule has 1 heterocycles. The second-order valence-electron chi connectivity index (χ2n) is 5.81. The molecule has 0 saturated heterocycles. The maximum absolute atomic E-state index is 12.7. The van der Waals surface area contributed by atoms with Crippen LogP contribution in [-0.4, -0.2) is 32.2 Å². The van der Waals surface area contributed by atoms with Gasteiger partial charge in [0.2, 0.25) is 0 Å². The number of amides is 1. The van der Waals surface area contributed by atoms with Crippen LogP contribution in [0.4, 0.5) is 17.2 Å². The number of ether oxygens (including phenoxy) is 3. The van der Waals surface area contributed by atoms with E-state index < -0.39 is 0 Å². The van der Waals surface area contributed by atoms with Gasteiger partial charge in [-0.1, -0.05) is 6.07 Å². The van der Waals surface area contributed by atoms with E-state index in [1.54, 1.807) is 57.9 Å². The molecule has 0 spiro atoms. The number of methoxy groups -OCH3 is 3. The second kappa shape index (κ2) is 8.77. The highest BCUT2D eigenvalue weighted by atomic mass is 16.5. The molecule has 0 saturated carbocycles. The van der Waals surface area contributed by atoms with Gasteiger partial charge >= 0.3 is 0 Å². The van der Waals surface area contributed by atoms with Crippen LogP contribution in [0, 0.1) is 0 Å². The predicted molar refractivity (Wildman–Crippen MR) is 108 cm³/mol. The minimum Gasteiger partial charge on any atom is -0.497 e. The molecule has 2 N–H and O–H groups in total. The Morgan fingerprint density at radius 1 is 0.893 bits per heavy atom. The van der Waals surface area contributed by atoms with Gasteiger partial charge in [-0.25, -0.2) is 4.98 Å². The monoisotopic (exact) mass is 379 g/mol. The summed E-state index contributed by atoms with van der Waals surface area (Å²) in [5.74, 6) is 2.13. The number of hydrogen-bond acceptors (Lipinski definition) is 6. The van der Waals surface area contributed by atoms with Gasteiger partial charge in [0.1, 0.15) is 23.1 Å². The van der Waals surface area contributed by atoms with Gasteiger partial charge in [0.25, 0.3) is 5.91 Å². The second-order valence-corrected chi connectivity index (χ2v) is 5.81. The summed E-state index contributed by atoms with van der Waals surface area (Å²) in [4.78, 5) is 17.0. The number of benzene rings is 2. The standard InChI is InChI=1S/C21H21N3O4/c1-26-16-6-4-5-15(12-16)23-20-11-14(9-10-22-20)21(25)24-18-13-17(27-2)7-8-19(18)28-3/h4-13H,1-3H3,(H,22,23)(H,24,25). The Kier molecular flexibility index (Phi) is 5.96. The van der Waals surface area contributed by atoms with Crippen LogP contribution in [0.1, 0.15) is 10.4 Å². The van der Waals surface area contributed by atoms with Crippen LogP contribution in [0.5, 0.6) is 17.2 Å². The molecule has 0 bridgehead atoms. The van der Waals surface area contributed by atoms with Crippen LogP contribution >= 0.6 is 0 Å². The summed E-state index contributed by atoms with van der Waals surface area (Å²) in [7, 11) is 4.71. The first-order chi connectivity index (χ1) is 13.6. The van der Waals surface area contributed by atoms with E-state index >= 15 is 0 Å². The SMILES string of the molecule is COc1cccc(Nc2cc(C(=O)Nc3cc(OC)ccc3OC)ccn2)c1. The molecule has 1 amide bonds. The molecule has 1 aromatic heterocycles. The van der Waals surface area contributed by atoms with Gasteiger partial charge in [-0.15, -0.1) is 0 Å². The van der Waals surface area contributed by atoms with Gasteiger partial charge in [0, 0.05) is 29.6 Å². The third-order valence-electron chi connectivity index (χ3n) is 4.02. The molecule has 2 aromatic carbocycles. The zero-order chi connectivity index (χ0) is 19.9. The molecular weight excluding hydrogens is 358 g/mol. The average molecular weight is 379 g/mol. The molecule has 0 atom stereocenters. The van der Waals surface area contributed by atoms with Gasteiger partial charge in [-0.2, -0.15) is 0 Å². The minimum absolute atomic E-state index is 0.289. The summed E-state index contributed by atoms with van der Waals surface area (Å²) in [6.07, 6.45) is 1.57. The number of nitrogens with one attached hydrogen (secondary N) is 2. The third kappa shape index (κ3) is 4.50. The number of pyridine rings is 1. The van der Waals surface area contributed by atoms with Gasteiger partial charge < -0.3 is 24.8 Å². The molecular formula is C21H21N3O4. The number of rotatable bonds is 7. The summed E-state index contributed by atoms with van der Waals surface area (Å²) in [6, 6.07) is 16.0. The van der Waals surface area contributed by atoms with Crippen molar-refractivity contribution in [1.82, 2.24) is 4.98 Å². The fourth-order valence-electron chi connectivity index (χ4n) is 2.60. The largest absolute Gasteiger partial charge is 0.497 e. The van der Waals surface area contributed by atoms with E-state index in [0.29, 0.717) is 28.6 Å². The summed E-state index contributed by atoms with van der Waals surface area (Å²) < 4.78 is 15.7. The number of anilines is 3. The Bertz CT molecular complexity index is 975. The van der Waals surface area contributed by atoms with E-state index in [1.165, 1.54) is 0 Å². The molecule has 28 heavy (non-hydrogen) atoms. The van der Waals surface area contributed by atoms with Crippen LogP contribution < -0.4 is 24.8 Å². The van der Waals surface area contributed by atoms with E-state index in [0.717, 1.165) is 11.4 Å². The number of aromatic nitrogens is 1. The lowest BCUT2D eigenvalue weighted by atomic mass is 10.2. The van der Waals surface area contributed by atoms with Crippen molar-refractivity contribution in [2.75, 3.05) is 32.0 Å². The zero-order valence-electron chi connectivity index (χ0n) is 15.9. The quantitative estimate of drug-likeness (QED) is 0.643. The molecule has 0 radical (unpaired) electrons. The van der Waals surface area contributed by atoms with Crippen LogP contribution in [0.2, 0.25) is 0 Å². The Balaban J connectivity index is 1.79. The fraction of sp³-hybridized carbons (Fsp3) is 0.143. The summed E-state index contributed by atoms with van der Waals surface area (Å²) in [5, 5.41) is 6.01. The minimum atomic E-state index is -0.289. The lowest BCUT2D eigenvalue weighted by Crippen LogP contribution is -2.13. The van der Waals surface area contributed by atoms with E-state index in [4.69, 9.17) is 14.2 Å². The average Bonchev–Trinajstić information content (AvgIpc) is 2.74. The normalized spacial score (nSPS) is 10.1. The highest BCUT2D eigenvalue weighted by Gasteiger charge is 2.12. The maximum atomic E-state index is 12.7. The van der Waals surface area contributed by atoms with Crippen molar-refractivity contribution in [3.05, 3.63) is 66.4 Å². The Labute approximate surface area is 163 Å². The Hall–Kier alpha value is -3.74. The highest BCUT2D eigenvalue weighted by Crippen LogP contribution is 2.29. The van der Waals surface area contributed by atoms with Gasteiger partial charge in [0.15, 0.2) is 0 Å². The fourth-order valence-corrected chi connectivity index (χ4v) is 2.60. The van der Waals surface area contributed by atoms with Crippen molar-refractivity contribution < 1.29 is 19.0 Å². The Morgan fingerprint density at radius 3 is 2.43 bits per heavy atom. The Morgan fingerprint density at radius 2 is 1.68 bits per heavy atom. The molecule has 7 heteroatoms. The number of nitrogens with zero attached hydrogens (tertiary/aromatic N) is 1. The van der Waals surface area contributed by atoms with Crippen molar-refractivity contribution in [3.63, 3.8) is 0 Å². The summed E-state index contributed by atoms with van der Waals surface area (Å²) in [6.45, 7) is 0. The molecule has 0 aliphatic heterocycles. The predicted octanol–water partition coefficient (Wildman–Crippen LogP) is 4.10.